The fourth-order valence-corrected chi connectivity index (χ4v) is 3.05. The number of hydrogen-bond donors (Lipinski definition) is 1. The van der Waals surface area contributed by atoms with Crippen molar-refractivity contribution >= 4 is 5.82 Å². The Bertz CT molecular complexity index is 628. The lowest BCUT2D eigenvalue weighted by Gasteiger charge is -2.31. The van der Waals surface area contributed by atoms with E-state index >= 15 is 0 Å². The molecule has 3 rings (SSSR count). The highest BCUT2D eigenvalue weighted by atomic mass is 15.3. The second-order valence-corrected chi connectivity index (χ2v) is 6.26. The van der Waals surface area contributed by atoms with Crippen LogP contribution in [0.25, 0.3) is 11.3 Å². The molecule has 2 N–H and O–H groups in total. The molecule has 1 aromatic carbocycles. The maximum Gasteiger partial charge on any atom is 0.151 e. The van der Waals surface area contributed by atoms with Gasteiger partial charge in [0.05, 0.1) is 5.69 Å². The van der Waals surface area contributed by atoms with Crippen LogP contribution in [0.15, 0.2) is 30.3 Å². The second kappa shape index (κ2) is 6.44. The van der Waals surface area contributed by atoms with Crippen molar-refractivity contribution in [3.63, 3.8) is 0 Å². The van der Waals surface area contributed by atoms with Crippen LogP contribution in [0.2, 0.25) is 0 Å². The summed E-state index contributed by atoms with van der Waals surface area (Å²) in [7, 11) is 0. The van der Waals surface area contributed by atoms with Gasteiger partial charge in [-0.05, 0) is 62.9 Å². The topological polar surface area (TPSA) is 55.0 Å². The number of hydrogen-bond acceptors (Lipinski definition) is 4. The van der Waals surface area contributed by atoms with Crippen LogP contribution in [-0.4, -0.2) is 29.8 Å². The van der Waals surface area contributed by atoms with Crippen molar-refractivity contribution < 1.29 is 0 Å². The lowest BCUT2D eigenvalue weighted by Crippen LogP contribution is -2.36. The molecule has 0 atom stereocenters. The molecular formula is C18H24N4. The summed E-state index contributed by atoms with van der Waals surface area (Å²) in [5.74, 6) is 1.64. The number of benzene rings is 1. The van der Waals surface area contributed by atoms with Crippen LogP contribution in [0.5, 0.6) is 0 Å². The lowest BCUT2D eigenvalue weighted by molar-refractivity contribution is 0.412. The van der Waals surface area contributed by atoms with Crippen LogP contribution in [-0.2, 0) is 0 Å². The minimum Gasteiger partial charge on any atom is -0.355 e. The number of piperidine rings is 1. The summed E-state index contributed by atoms with van der Waals surface area (Å²) in [5, 5.41) is 8.89. The highest BCUT2D eigenvalue weighted by Crippen LogP contribution is 2.25. The van der Waals surface area contributed by atoms with E-state index in [0.29, 0.717) is 5.92 Å². The SMILES string of the molecule is Cc1ccc(C)c(-c2ccc(N3CCC(CN)CC3)nn2)c1. The molecule has 1 fully saturated rings. The quantitative estimate of drug-likeness (QED) is 0.946. The van der Waals surface area contributed by atoms with E-state index in [0.717, 1.165) is 44.0 Å². The molecule has 0 bridgehead atoms. The number of anilines is 1. The van der Waals surface area contributed by atoms with Gasteiger partial charge in [-0.1, -0.05) is 17.7 Å². The van der Waals surface area contributed by atoms with Gasteiger partial charge in [-0.15, -0.1) is 10.2 Å². The van der Waals surface area contributed by atoms with Gasteiger partial charge in [-0.3, -0.25) is 0 Å². The summed E-state index contributed by atoms with van der Waals surface area (Å²) >= 11 is 0. The molecule has 116 valence electrons. The number of rotatable bonds is 3. The molecule has 0 radical (unpaired) electrons. The Morgan fingerprint density at radius 3 is 2.50 bits per heavy atom. The Balaban J connectivity index is 1.77. The fraction of sp³-hybridized carbons (Fsp3) is 0.444. The standard InChI is InChI=1S/C18H24N4/c1-13-3-4-14(2)16(11-13)17-5-6-18(21-20-17)22-9-7-15(12-19)8-10-22/h3-6,11,15H,7-10,12,19H2,1-2H3. The molecular weight excluding hydrogens is 272 g/mol. The first-order chi connectivity index (χ1) is 10.7. The first-order valence-corrected chi connectivity index (χ1v) is 8.03. The monoisotopic (exact) mass is 296 g/mol. The van der Waals surface area contributed by atoms with Gasteiger partial charge in [0.2, 0.25) is 0 Å². The van der Waals surface area contributed by atoms with Crippen LogP contribution in [0.4, 0.5) is 5.82 Å². The van der Waals surface area contributed by atoms with Gasteiger partial charge in [0.1, 0.15) is 0 Å². The number of aromatic nitrogens is 2. The molecule has 1 saturated heterocycles. The first-order valence-electron chi connectivity index (χ1n) is 8.03. The smallest absolute Gasteiger partial charge is 0.151 e. The van der Waals surface area contributed by atoms with E-state index in [2.05, 4.69) is 59.3 Å². The zero-order valence-electron chi connectivity index (χ0n) is 13.4. The van der Waals surface area contributed by atoms with Crippen LogP contribution < -0.4 is 10.6 Å². The van der Waals surface area contributed by atoms with Crippen molar-refractivity contribution in [1.82, 2.24) is 10.2 Å². The molecule has 0 unspecified atom stereocenters. The van der Waals surface area contributed by atoms with Crippen molar-refractivity contribution in [1.29, 1.82) is 0 Å². The van der Waals surface area contributed by atoms with Gasteiger partial charge >= 0.3 is 0 Å². The van der Waals surface area contributed by atoms with Gasteiger partial charge in [-0.2, -0.15) is 0 Å². The van der Waals surface area contributed by atoms with Crippen molar-refractivity contribution in [2.75, 3.05) is 24.5 Å². The average Bonchev–Trinajstić information content (AvgIpc) is 2.57. The summed E-state index contributed by atoms with van der Waals surface area (Å²) in [6.45, 7) is 7.07. The molecule has 2 aromatic rings. The van der Waals surface area contributed by atoms with Crippen molar-refractivity contribution in [3.05, 3.63) is 41.5 Å². The summed E-state index contributed by atoms with van der Waals surface area (Å²) in [5.41, 5.74) is 10.3. The second-order valence-electron chi connectivity index (χ2n) is 6.26. The van der Waals surface area contributed by atoms with E-state index in [1.54, 1.807) is 0 Å². The summed E-state index contributed by atoms with van der Waals surface area (Å²) < 4.78 is 0. The highest BCUT2D eigenvalue weighted by Gasteiger charge is 2.19. The Hall–Kier alpha value is -1.94. The lowest BCUT2D eigenvalue weighted by atomic mass is 9.97. The van der Waals surface area contributed by atoms with E-state index in [-0.39, 0.29) is 0 Å². The predicted molar refractivity (Wildman–Crippen MR) is 90.9 cm³/mol. The van der Waals surface area contributed by atoms with Crippen molar-refractivity contribution in [2.24, 2.45) is 11.7 Å². The van der Waals surface area contributed by atoms with Crippen molar-refractivity contribution in [2.45, 2.75) is 26.7 Å². The summed E-state index contributed by atoms with van der Waals surface area (Å²) in [6.07, 6.45) is 2.30. The fourth-order valence-electron chi connectivity index (χ4n) is 3.05. The van der Waals surface area contributed by atoms with Gasteiger partial charge < -0.3 is 10.6 Å². The maximum atomic E-state index is 5.75. The number of nitrogens with zero attached hydrogens (tertiary/aromatic N) is 3. The van der Waals surface area contributed by atoms with Crippen molar-refractivity contribution in [3.8, 4) is 11.3 Å². The number of aryl methyl sites for hydroxylation is 2. The molecule has 2 heterocycles. The molecule has 1 aliphatic heterocycles. The zero-order valence-corrected chi connectivity index (χ0v) is 13.4. The van der Waals surface area contributed by atoms with E-state index in [9.17, 15) is 0 Å². The molecule has 4 heteroatoms. The Morgan fingerprint density at radius 1 is 1.09 bits per heavy atom. The van der Waals surface area contributed by atoms with Gasteiger partial charge in [0.25, 0.3) is 0 Å². The largest absolute Gasteiger partial charge is 0.355 e. The Labute approximate surface area is 132 Å². The third kappa shape index (κ3) is 3.12. The summed E-state index contributed by atoms with van der Waals surface area (Å²) in [4.78, 5) is 2.31. The molecule has 0 aliphatic carbocycles. The van der Waals surface area contributed by atoms with Crippen LogP contribution in [0.1, 0.15) is 24.0 Å². The maximum absolute atomic E-state index is 5.75. The first kappa shape index (κ1) is 15.0. The minimum atomic E-state index is 0.665. The number of nitrogens with two attached hydrogens (primary N) is 1. The molecule has 4 nitrogen and oxygen atoms in total. The highest BCUT2D eigenvalue weighted by molar-refractivity contribution is 5.64. The van der Waals surface area contributed by atoms with Gasteiger partial charge in [0, 0.05) is 18.7 Å². The van der Waals surface area contributed by atoms with E-state index in [4.69, 9.17) is 5.73 Å². The zero-order chi connectivity index (χ0) is 15.5. The summed E-state index contributed by atoms with van der Waals surface area (Å²) in [6, 6.07) is 10.6. The van der Waals surface area contributed by atoms with Gasteiger partial charge in [-0.25, -0.2) is 0 Å². The molecule has 1 aliphatic rings. The minimum absolute atomic E-state index is 0.665. The molecule has 1 aromatic heterocycles. The van der Waals surface area contributed by atoms with Crippen LogP contribution in [0.3, 0.4) is 0 Å². The Kier molecular flexibility index (Phi) is 4.39. The van der Waals surface area contributed by atoms with Crippen LogP contribution in [0, 0.1) is 19.8 Å². The molecule has 22 heavy (non-hydrogen) atoms. The molecule has 0 saturated carbocycles. The predicted octanol–water partition coefficient (Wildman–Crippen LogP) is 2.94. The molecule has 0 spiro atoms. The average molecular weight is 296 g/mol. The third-order valence-electron chi connectivity index (χ3n) is 4.59. The van der Waals surface area contributed by atoms with E-state index in [1.807, 2.05) is 0 Å². The van der Waals surface area contributed by atoms with E-state index < -0.39 is 0 Å². The van der Waals surface area contributed by atoms with Gasteiger partial charge in [0.15, 0.2) is 5.82 Å². The Morgan fingerprint density at radius 2 is 1.86 bits per heavy atom. The normalized spacial score (nSPS) is 16.0. The third-order valence-corrected chi connectivity index (χ3v) is 4.59. The van der Waals surface area contributed by atoms with E-state index in [1.165, 1.54) is 16.7 Å². The van der Waals surface area contributed by atoms with Crippen LogP contribution >= 0.6 is 0 Å². The molecule has 0 amide bonds.